The van der Waals surface area contributed by atoms with Gasteiger partial charge in [-0.3, -0.25) is 0 Å². The van der Waals surface area contributed by atoms with Crippen LogP contribution in [-0.4, -0.2) is 29.8 Å². The number of nitrogens with one attached hydrogen (secondary N) is 1. The third kappa shape index (κ3) is 4.86. The molecule has 0 unspecified atom stereocenters. The van der Waals surface area contributed by atoms with Crippen molar-refractivity contribution in [2.75, 3.05) is 6.61 Å². The minimum Gasteiger partial charge on any atom is -0.480 e. The van der Waals surface area contributed by atoms with Crippen LogP contribution in [0.15, 0.2) is 77.3 Å². The number of carboxylic acids is 1. The molecule has 32 heavy (non-hydrogen) atoms. The van der Waals surface area contributed by atoms with Crippen molar-refractivity contribution in [2.45, 2.75) is 31.2 Å². The first-order valence-electron chi connectivity index (χ1n) is 10.6. The number of carboxylic acid groups (broad SMARTS) is 1. The molecule has 2 N–H and O–H groups in total. The Bertz CT molecular complexity index is 1080. The normalized spacial score (nSPS) is 13.2. The molecule has 0 spiro atoms. The van der Waals surface area contributed by atoms with Crippen molar-refractivity contribution in [3.63, 3.8) is 0 Å². The van der Waals surface area contributed by atoms with E-state index in [0.29, 0.717) is 12.8 Å². The van der Waals surface area contributed by atoms with Crippen LogP contribution in [0.2, 0.25) is 0 Å². The third-order valence-corrected chi connectivity index (χ3v) is 6.60. The summed E-state index contributed by atoms with van der Waals surface area (Å²) in [6.07, 6.45) is 0.960. The van der Waals surface area contributed by atoms with E-state index in [1.807, 2.05) is 60.7 Å². The lowest BCUT2D eigenvalue weighted by molar-refractivity contribution is -0.139. The molecule has 4 rings (SSSR count). The van der Waals surface area contributed by atoms with Gasteiger partial charge in [-0.25, -0.2) is 9.59 Å². The molecule has 0 radical (unpaired) electrons. The van der Waals surface area contributed by atoms with Gasteiger partial charge in [0, 0.05) is 10.4 Å². The molecule has 0 aliphatic heterocycles. The van der Waals surface area contributed by atoms with Crippen LogP contribution in [0.25, 0.3) is 11.1 Å². The number of carbonyl (C=O) groups is 2. The second kappa shape index (κ2) is 10.0. The van der Waals surface area contributed by atoms with Gasteiger partial charge in [0.1, 0.15) is 12.6 Å². The first-order valence-corrected chi connectivity index (χ1v) is 11.4. The van der Waals surface area contributed by atoms with E-state index in [1.165, 1.54) is 0 Å². The molecule has 1 amide bonds. The summed E-state index contributed by atoms with van der Waals surface area (Å²) >= 11 is 3.50. The maximum Gasteiger partial charge on any atom is 0.407 e. The molecule has 0 saturated carbocycles. The number of halogens is 1. The Balaban J connectivity index is 1.34. The Morgan fingerprint density at radius 3 is 2.16 bits per heavy atom. The number of ether oxygens (including phenoxy) is 1. The van der Waals surface area contributed by atoms with Crippen molar-refractivity contribution in [1.82, 2.24) is 5.32 Å². The topological polar surface area (TPSA) is 75.6 Å². The van der Waals surface area contributed by atoms with Gasteiger partial charge in [0.15, 0.2) is 0 Å². The Morgan fingerprint density at radius 1 is 0.938 bits per heavy atom. The number of rotatable bonds is 8. The van der Waals surface area contributed by atoms with Gasteiger partial charge >= 0.3 is 12.1 Å². The number of carbonyl (C=O) groups excluding carboxylic acids is 1. The van der Waals surface area contributed by atoms with Gasteiger partial charge < -0.3 is 15.2 Å². The van der Waals surface area contributed by atoms with E-state index in [1.54, 1.807) is 0 Å². The van der Waals surface area contributed by atoms with E-state index < -0.39 is 18.1 Å². The van der Waals surface area contributed by atoms with E-state index in [-0.39, 0.29) is 12.5 Å². The quantitative estimate of drug-likeness (QED) is 0.417. The molecule has 6 heteroatoms. The molecular formula is C26H24BrNO4. The van der Waals surface area contributed by atoms with Crippen LogP contribution < -0.4 is 5.32 Å². The lowest BCUT2D eigenvalue weighted by Gasteiger charge is -2.17. The lowest BCUT2D eigenvalue weighted by Crippen LogP contribution is -2.41. The van der Waals surface area contributed by atoms with Crippen LogP contribution in [0, 0.1) is 0 Å². The Labute approximate surface area is 195 Å². The van der Waals surface area contributed by atoms with Crippen molar-refractivity contribution in [1.29, 1.82) is 0 Å². The zero-order chi connectivity index (χ0) is 22.5. The summed E-state index contributed by atoms with van der Waals surface area (Å²) in [4.78, 5) is 24.1. The van der Waals surface area contributed by atoms with Crippen LogP contribution >= 0.6 is 15.9 Å². The molecule has 0 aromatic heterocycles. The number of aryl methyl sites for hydroxylation is 1. The van der Waals surface area contributed by atoms with Crippen molar-refractivity contribution in [2.24, 2.45) is 0 Å². The number of hydrogen-bond acceptors (Lipinski definition) is 3. The highest BCUT2D eigenvalue weighted by Crippen LogP contribution is 2.44. The Hall–Kier alpha value is -3.12. The number of aliphatic carboxylic acids is 1. The summed E-state index contributed by atoms with van der Waals surface area (Å²) in [7, 11) is 0. The molecule has 0 fully saturated rings. The summed E-state index contributed by atoms with van der Waals surface area (Å²) in [5.41, 5.74) is 5.63. The molecule has 5 nitrogen and oxygen atoms in total. The molecule has 164 valence electrons. The zero-order valence-electron chi connectivity index (χ0n) is 17.5. The van der Waals surface area contributed by atoms with Crippen molar-refractivity contribution < 1.29 is 19.4 Å². The summed E-state index contributed by atoms with van der Waals surface area (Å²) in [6, 6.07) is 23.0. The van der Waals surface area contributed by atoms with Crippen molar-refractivity contribution in [3.8, 4) is 11.1 Å². The van der Waals surface area contributed by atoms with Crippen LogP contribution in [0.5, 0.6) is 0 Å². The molecule has 1 aliphatic carbocycles. The average Bonchev–Trinajstić information content (AvgIpc) is 3.12. The van der Waals surface area contributed by atoms with Crippen molar-refractivity contribution in [3.05, 3.63) is 94.0 Å². The van der Waals surface area contributed by atoms with Crippen LogP contribution in [-0.2, 0) is 16.0 Å². The zero-order valence-corrected chi connectivity index (χ0v) is 19.0. The van der Waals surface area contributed by atoms with E-state index in [9.17, 15) is 14.7 Å². The number of alkyl carbamates (subject to hydrolysis) is 1. The Morgan fingerprint density at radius 2 is 1.53 bits per heavy atom. The van der Waals surface area contributed by atoms with Gasteiger partial charge in [-0.15, -0.1) is 0 Å². The predicted octanol–water partition coefficient (Wildman–Crippen LogP) is 5.76. The maximum absolute atomic E-state index is 12.4. The minimum atomic E-state index is -1.06. The third-order valence-electron chi connectivity index (χ3n) is 5.83. The molecule has 0 bridgehead atoms. The van der Waals surface area contributed by atoms with Gasteiger partial charge in [-0.2, -0.15) is 0 Å². The molecule has 3 aromatic rings. The predicted molar refractivity (Wildman–Crippen MR) is 127 cm³/mol. The number of benzene rings is 3. The molecule has 1 aliphatic rings. The summed E-state index contributed by atoms with van der Waals surface area (Å²) in [5, 5.41) is 12.1. The average molecular weight is 494 g/mol. The van der Waals surface area contributed by atoms with Gasteiger partial charge in [-0.05, 0) is 53.1 Å². The number of fused-ring (bicyclic) bond motifs is 3. The van der Waals surface area contributed by atoms with Crippen LogP contribution in [0.3, 0.4) is 0 Å². The molecule has 3 aromatic carbocycles. The molecule has 0 saturated heterocycles. The van der Waals surface area contributed by atoms with Gasteiger partial charge in [0.25, 0.3) is 0 Å². The smallest absolute Gasteiger partial charge is 0.407 e. The maximum atomic E-state index is 12.4. The first kappa shape index (κ1) is 22.1. The summed E-state index contributed by atoms with van der Waals surface area (Å²) in [6.45, 7) is 0.156. The lowest BCUT2D eigenvalue weighted by atomic mass is 9.98. The molecule has 0 heterocycles. The monoisotopic (exact) mass is 493 g/mol. The number of amides is 1. The van der Waals surface area contributed by atoms with E-state index in [4.69, 9.17) is 4.74 Å². The second-order valence-corrected chi connectivity index (χ2v) is 8.70. The van der Waals surface area contributed by atoms with Crippen LogP contribution in [0.1, 0.15) is 35.4 Å². The molecule has 1 atom stereocenters. The molecular weight excluding hydrogens is 470 g/mol. The fraction of sp³-hybridized carbons (Fsp3) is 0.231. The fourth-order valence-corrected chi connectivity index (χ4v) is 4.72. The van der Waals surface area contributed by atoms with E-state index in [0.717, 1.165) is 38.7 Å². The van der Waals surface area contributed by atoms with Gasteiger partial charge in [0.05, 0.1) is 0 Å². The van der Waals surface area contributed by atoms with Crippen molar-refractivity contribution >= 4 is 28.0 Å². The van der Waals surface area contributed by atoms with Crippen LogP contribution in [0.4, 0.5) is 4.79 Å². The standard InChI is InChI=1S/C26H24BrNO4/c27-23-14-6-1-8-17(23)9-7-15-24(25(29)30)28-26(31)32-16-22-20-12-4-2-10-18(20)19-11-3-5-13-21(19)22/h1-6,8,10-14,22,24H,7,9,15-16H2,(H,28,31)(H,29,30)/t24-/m0/s1. The highest BCUT2D eigenvalue weighted by molar-refractivity contribution is 9.10. The first-order chi connectivity index (χ1) is 15.5. The largest absolute Gasteiger partial charge is 0.480 e. The van der Waals surface area contributed by atoms with Gasteiger partial charge in [0.2, 0.25) is 0 Å². The van der Waals surface area contributed by atoms with E-state index >= 15 is 0 Å². The van der Waals surface area contributed by atoms with E-state index in [2.05, 4.69) is 33.4 Å². The fourth-order valence-electron chi connectivity index (χ4n) is 4.24. The van der Waals surface area contributed by atoms with Gasteiger partial charge in [-0.1, -0.05) is 82.7 Å². The Kier molecular flexibility index (Phi) is 6.90. The second-order valence-electron chi connectivity index (χ2n) is 7.84. The highest BCUT2D eigenvalue weighted by Gasteiger charge is 2.29. The summed E-state index contributed by atoms with van der Waals surface area (Å²) < 4.78 is 6.48. The number of hydrogen-bond donors (Lipinski definition) is 2. The highest BCUT2D eigenvalue weighted by atomic mass is 79.9. The minimum absolute atomic E-state index is 0.0631. The summed E-state index contributed by atoms with van der Waals surface area (Å²) in [5.74, 6) is -1.13. The SMILES string of the molecule is O=C(N[C@@H](CCCc1ccccc1Br)C(=O)O)OCC1c2ccccc2-c2ccccc21.